The van der Waals surface area contributed by atoms with Crippen LogP contribution in [0.5, 0.6) is 0 Å². The molecule has 0 aliphatic rings. The molecule has 304 valence electrons. The molecule has 0 aromatic rings. The Balaban J connectivity index is 4.35. The van der Waals surface area contributed by atoms with Crippen LogP contribution < -0.4 is 5.73 Å². The average Bonchev–Trinajstić information content (AvgIpc) is 3.14. The van der Waals surface area contributed by atoms with Crippen LogP contribution in [-0.4, -0.2) is 49.3 Å². The van der Waals surface area contributed by atoms with Crippen LogP contribution in [0.2, 0.25) is 0 Å². The second kappa shape index (κ2) is 39.2. The Morgan fingerprint density at radius 3 is 1.58 bits per heavy atom. The highest BCUT2D eigenvalue weighted by Crippen LogP contribution is 2.43. The summed E-state index contributed by atoms with van der Waals surface area (Å²) < 4.78 is 32.6. The number of esters is 2. The van der Waals surface area contributed by atoms with Crippen LogP contribution in [0.15, 0.2) is 72.9 Å². The van der Waals surface area contributed by atoms with Gasteiger partial charge in [-0.15, -0.1) is 0 Å². The van der Waals surface area contributed by atoms with Crippen LogP contribution in [0, 0.1) is 0 Å². The number of unbranched alkanes of at least 4 members (excludes halogenated alkanes) is 12. The van der Waals surface area contributed by atoms with Crippen LogP contribution in [0.25, 0.3) is 0 Å². The molecule has 0 aromatic carbocycles. The molecule has 53 heavy (non-hydrogen) atoms. The van der Waals surface area contributed by atoms with Crippen molar-refractivity contribution in [1.29, 1.82) is 0 Å². The third kappa shape index (κ3) is 39.0. The lowest BCUT2D eigenvalue weighted by Crippen LogP contribution is -2.29. The van der Waals surface area contributed by atoms with Gasteiger partial charge in [0.05, 0.1) is 13.2 Å². The number of hydrogen-bond acceptors (Lipinski definition) is 8. The summed E-state index contributed by atoms with van der Waals surface area (Å²) in [5, 5.41) is 0. The number of carbonyl (C=O) groups excluding carboxylic acids is 2. The molecule has 0 saturated carbocycles. The van der Waals surface area contributed by atoms with E-state index in [4.69, 9.17) is 24.3 Å². The van der Waals surface area contributed by atoms with E-state index in [9.17, 15) is 19.0 Å². The number of rotatable bonds is 37. The minimum absolute atomic E-state index is 0.0378. The van der Waals surface area contributed by atoms with Crippen LogP contribution >= 0.6 is 7.82 Å². The predicted molar refractivity (Wildman–Crippen MR) is 219 cm³/mol. The Morgan fingerprint density at radius 1 is 0.566 bits per heavy atom. The lowest BCUT2D eigenvalue weighted by Gasteiger charge is -2.19. The molecule has 3 N–H and O–H groups in total. The zero-order valence-electron chi connectivity index (χ0n) is 33.2. The van der Waals surface area contributed by atoms with Gasteiger partial charge in [-0.2, -0.15) is 0 Å². The minimum Gasteiger partial charge on any atom is -0.462 e. The second-order valence-corrected chi connectivity index (χ2v) is 14.6. The summed E-state index contributed by atoms with van der Waals surface area (Å²) >= 11 is 0. The number of nitrogens with two attached hydrogens (primary N) is 1. The number of phosphoric acid groups is 1. The summed E-state index contributed by atoms with van der Waals surface area (Å²) in [7, 11) is -4.40. The van der Waals surface area contributed by atoms with Gasteiger partial charge in [0.15, 0.2) is 6.10 Å². The molecule has 2 atom stereocenters. The van der Waals surface area contributed by atoms with Gasteiger partial charge in [0.2, 0.25) is 0 Å². The zero-order chi connectivity index (χ0) is 38.9. The summed E-state index contributed by atoms with van der Waals surface area (Å²) in [6.07, 6.45) is 46.6. The first-order chi connectivity index (χ1) is 25.8. The van der Waals surface area contributed by atoms with Gasteiger partial charge in [-0.3, -0.25) is 18.6 Å². The van der Waals surface area contributed by atoms with E-state index in [1.165, 1.54) is 57.8 Å². The number of phosphoric ester groups is 1. The van der Waals surface area contributed by atoms with Crippen LogP contribution in [-0.2, 0) is 32.7 Å². The van der Waals surface area contributed by atoms with Crippen molar-refractivity contribution in [3.63, 3.8) is 0 Å². The van der Waals surface area contributed by atoms with E-state index in [0.29, 0.717) is 12.8 Å². The molecule has 0 spiro atoms. The number of ether oxygens (including phenoxy) is 2. The molecular weight excluding hydrogens is 689 g/mol. The Labute approximate surface area is 322 Å². The maximum atomic E-state index is 12.5. The summed E-state index contributed by atoms with van der Waals surface area (Å²) in [6.45, 7) is 3.57. The number of carbonyl (C=O) groups is 2. The van der Waals surface area contributed by atoms with E-state index in [0.717, 1.165) is 57.8 Å². The molecule has 0 saturated heterocycles. The first-order valence-corrected chi connectivity index (χ1v) is 21.9. The highest BCUT2D eigenvalue weighted by atomic mass is 31.2. The molecule has 0 radical (unpaired) electrons. The first-order valence-electron chi connectivity index (χ1n) is 20.4. The Morgan fingerprint density at radius 2 is 1.02 bits per heavy atom. The molecule has 0 aliphatic heterocycles. The monoisotopic (exact) mass is 764 g/mol. The fourth-order valence-corrected chi connectivity index (χ4v) is 5.79. The number of allylic oxidation sites excluding steroid dienone is 12. The Kier molecular flexibility index (Phi) is 37.3. The van der Waals surface area contributed by atoms with Crippen molar-refractivity contribution in [2.75, 3.05) is 26.4 Å². The quantitative estimate of drug-likeness (QED) is 0.0274. The third-order valence-electron chi connectivity index (χ3n) is 8.08. The number of hydrogen-bond donors (Lipinski definition) is 2. The molecule has 9 nitrogen and oxygen atoms in total. The predicted octanol–water partition coefficient (Wildman–Crippen LogP) is 11.5. The highest BCUT2D eigenvalue weighted by molar-refractivity contribution is 7.47. The van der Waals surface area contributed by atoms with Crippen molar-refractivity contribution < 1.29 is 37.6 Å². The van der Waals surface area contributed by atoms with Gasteiger partial charge in [-0.1, -0.05) is 138 Å². The van der Waals surface area contributed by atoms with Gasteiger partial charge in [-0.05, 0) is 77.0 Å². The molecule has 10 heteroatoms. The molecule has 1 unspecified atom stereocenters. The molecule has 0 heterocycles. The normalized spacial score (nSPS) is 14.1. The van der Waals surface area contributed by atoms with Crippen molar-refractivity contribution in [2.45, 2.75) is 161 Å². The van der Waals surface area contributed by atoms with Crippen LogP contribution in [0.3, 0.4) is 0 Å². The molecular formula is C43H74NO8P. The summed E-state index contributed by atoms with van der Waals surface area (Å²) in [4.78, 5) is 34.7. The zero-order valence-corrected chi connectivity index (χ0v) is 34.1. The van der Waals surface area contributed by atoms with E-state index in [1.807, 2.05) is 12.2 Å². The Bertz CT molecular complexity index is 1100. The van der Waals surface area contributed by atoms with E-state index in [-0.39, 0.29) is 32.6 Å². The van der Waals surface area contributed by atoms with Gasteiger partial charge in [-0.25, -0.2) is 4.57 Å². The lowest BCUT2D eigenvalue weighted by molar-refractivity contribution is -0.161. The first kappa shape index (κ1) is 50.5. The van der Waals surface area contributed by atoms with Crippen LogP contribution in [0.4, 0.5) is 0 Å². The van der Waals surface area contributed by atoms with Crippen molar-refractivity contribution >= 4 is 19.8 Å². The molecule has 0 fully saturated rings. The SMILES string of the molecule is CCCCC/C=C\C/C=C\C/C=C\C/C=C\C/C=C\CCC(=O)O[C@H](COC(=O)CCCCCCC/C=C\CCCCCC)COP(=O)(O)OCCN. The van der Waals surface area contributed by atoms with Gasteiger partial charge in [0.25, 0.3) is 0 Å². The van der Waals surface area contributed by atoms with Gasteiger partial charge in [0.1, 0.15) is 6.61 Å². The van der Waals surface area contributed by atoms with Crippen molar-refractivity contribution in [3.05, 3.63) is 72.9 Å². The summed E-state index contributed by atoms with van der Waals surface area (Å²) in [5.74, 6) is -0.942. The highest BCUT2D eigenvalue weighted by Gasteiger charge is 2.25. The second-order valence-electron chi connectivity index (χ2n) is 13.1. The minimum atomic E-state index is -4.40. The summed E-state index contributed by atoms with van der Waals surface area (Å²) in [5.41, 5.74) is 5.33. The van der Waals surface area contributed by atoms with Crippen molar-refractivity contribution in [1.82, 2.24) is 0 Å². The maximum absolute atomic E-state index is 12.5. The van der Waals surface area contributed by atoms with Crippen molar-refractivity contribution in [2.24, 2.45) is 5.73 Å². The largest absolute Gasteiger partial charge is 0.472 e. The topological polar surface area (TPSA) is 134 Å². The van der Waals surface area contributed by atoms with Crippen molar-refractivity contribution in [3.8, 4) is 0 Å². The molecule has 0 aromatic heterocycles. The average molecular weight is 764 g/mol. The third-order valence-corrected chi connectivity index (χ3v) is 9.06. The smallest absolute Gasteiger partial charge is 0.462 e. The van der Waals surface area contributed by atoms with E-state index < -0.39 is 32.5 Å². The molecule has 0 aliphatic carbocycles. The standard InChI is InChI=1S/C43H74NO8P/c1-3-5-7-9-11-13-15-17-18-19-20-21-22-24-26-28-30-32-34-36-43(46)52-41(40-51-53(47,48)50-38-37-44)39-49-42(45)35-33-31-29-27-25-23-16-14-12-10-8-6-4-2/h11,13-14,16-18,20-21,24,26,30,32,41H,3-10,12,15,19,22-23,25,27-29,31,33-40,44H2,1-2H3,(H,47,48)/b13-11-,16-14-,18-17-,21-20-,26-24-,32-30-/t41-/m1/s1. The van der Waals surface area contributed by atoms with Gasteiger partial charge < -0.3 is 20.1 Å². The Hall–Kier alpha value is -2.55. The molecule has 0 rings (SSSR count). The maximum Gasteiger partial charge on any atom is 0.472 e. The van der Waals surface area contributed by atoms with Gasteiger partial charge in [0, 0.05) is 19.4 Å². The van der Waals surface area contributed by atoms with Crippen LogP contribution in [0.1, 0.15) is 155 Å². The molecule has 0 bridgehead atoms. The van der Waals surface area contributed by atoms with Gasteiger partial charge >= 0.3 is 19.8 Å². The van der Waals surface area contributed by atoms with E-state index >= 15 is 0 Å². The van der Waals surface area contributed by atoms with E-state index in [1.54, 1.807) is 0 Å². The fourth-order valence-electron chi connectivity index (χ4n) is 5.02. The van der Waals surface area contributed by atoms with E-state index in [2.05, 4.69) is 74.6 Å². The summed E-state index contributed by atoms with van der Waals surface area (Å²) in [6, 6.07) is 0. The fraction of sp³-hybridized carbons (Fsp3) is 0.674. The lowest BCUT2D eigenvalue weighted by atomic mass is 10.1. The molecule has 0 amide bonds.